The summed E-state index contributed by atoms with van der Waals surface area (Å²) in [6, 6.07) is 6.71. The Balaban J connectivity index is 3.04. The minimum atomic E-state index is -0.476. The first-order chi connectivity index (χ1) is 7.19. The average molecular weight is 222 g/mol. The van der Waals surface area contributed by atoms with Gasteiger partial charge in [0.05, 0.1) is 23.8 Å². The maximum Gasteiger partial charge on any atom is 0.339 e. The highest BCUT2D eigenvalue weighted by molar-refractivity contribution is 6.33. The van der Waals surface area contributed by atoms with Crippen LogP contribution in [0, 0.1) is 11.3 Å². The highest BCUT2D eigenvalue weighted by atomic mass is 35.5. The molecule has 76 valence electrons. The van der Waals surface area contributed by atoms with Gasteiger partial charge in [0.25, 0.3) is 0 Å². The normalized spacial score (nSPS) is 9.93. The van der Waals surface area contributed by atoms with E-state index in [1.165, 1.54) is 13.2 Å². The number of hydrogen-bond acceptors (Lipinski definition) is 3. The molecule has 1 aromatic carbocycles. The minimum absolute atomic E-state index is 0.307. The number of allylic oxidation sites excluding steroid dienone is 1. The summed E-state index contributed by atoms with van der Waals surface area (Å²) in [7, 11) is 1.29. The number of esters is 1. The third-order valence-corrected chi connectivity index (χ3v) is 2.06. The van der Waals surface area contributed by atoms with Gasteiger partial charge in [-0.05, 0) is 23.8 Å². The van der Waals surface area contributed by atoms with Gasteiger partial charge in [0.2, 0.25) is 0 Å². The quantitative estimate of drug-likeness (QED) is 0.570. The van der Waals surface area contributed by atoms with Crippen molar-refractivity contribution < 1.29 is 9.53 Å². The van der Waals surface area contributed by atoms with Crippen molar-refractivity contribution in [1.29, 1.82) is 5.26 Å². The van der Waals surface area contributed by atoms with Crippen molar-refractivity contribution in [3.05, 3.63) is 40.4 Å². The number of carbonyl (C=O) groups excluding carboxylic acids is 1. The van der Waals surface area contributed by atoms with Gasteiger partial charge >= 0.3 is 5.97 Å². The molecule has 0 amide bonds. The predicted molar refractivity (Wildman–Crippen MR) is 57.4 cm³/mol. The summed E-state index contributed by atoms with van der Waals surface area (Å²) in [6.07, 6.45) is 2.94. The molecule has 15 heavy (non-hydrogen) atoms. The van der Waals surface area contributed by atoms with Crippen LogP contribution in [-0.2, 0) is 4.74 Å². The molecule has 0 heterocycles. The summed E-state index contributed by atoms with van der Waals surface area (Å²) in [5.74, 6) is -0.476. The number of rotatable bonds is 2. The fourth-order valence-electron chi connectivity index (χ4n) is 1.04. The number of nitrogens with zero attached hydrogens (tertiary/aromatic N) is 1. The van der Waals surface area contributed by atoms with E-state index < -0.39 is 5.97 Å². The lowest BCUT2D eigenvalue weighted by atomic mass is 10.1. The molecule has 0 spiro atoms. The molecule has 0 aromatic heterocycles. The largest absolute Gasteiger partial charge is 0.465 e. The molecular weight excluding hydrogens is 214 g/mol. The molecule has 0 unspecified atom stereocenters. The lowest BCUT2D eigenvalue weighted by molar-refractivity contribution is 0.0601. The first-order valence-electron chi connectivity index (χ1n) is 4.13. The van der Waals surface area contributed by atoms with Crippen LogP contribution < -0.4 is 0 Å². The Labute approximate surface area is 92.5 Å². The fraction of sp³-hybridized carbons (Fsp3) is 0.0909. The zero-order valence-electron chi connectivity index (χ0n) is 8.03. The summed E-state index contributed by atoms with van der Waals surface area (Å²) in [6.45, 7) is 0. The van der Waals surface area contributed by atoms with Crippen LogP contribution in [0.3, 0.4) is 0 Å². The summed E-state index contributed by atoms with van der Waals surface area (Å²) >= 11 is 5.86. The van der Waals surface area contributed by atoms with Crippen molar-refractivity contribution in [3.63, 3.8) is 0 Å². The van der Waals surface area contributed by atoms with Crippen molar-refractivity contribution in [2.75, 3.05) is 7.11 Å². The van der Waals surface area contributed by atoms with Crippen LogP contribution in [0.4, 0.5) is 0 Å². The first-order valence-corrected chi connectivity index (χ1v) is 4.51. The number of nitriles is 1. The minimum Gasteiger partial charge on any atom is -0.465 e. The van der Waals surface area contributed by atoms with E-state index in [0.29, 0.717) is 10.6 Å². The first kappa shape index (κ1) is 11.3. The van der Waals surface area contributed by atoms with Crippen molar-refractivity contribution in [2.24, 2.45) is 0 Å². The van der Waals surface area contributed by atoms with Gasteiger partial charge in [0, 0.05) is 6.08 Å². The van der Waals surface area contributed by atoms with Crippen molar-refractivity contribution in [3.8, 4) is 6.07 Å². The predicted octanol–water partition coefficient (Wildman–Crippen LogP) is 2.66. The topological polar surface area (TPSA) is 50.1 Å². The Kier molecular flexibility index (Phi) is 3.90. The average Bonchev–Trinajstić information content (AvgIpc) is 2.25. The van der Waals surface area contributed by atoms with Crippen LogP contribution in [0.2, 0.25) is 5.02 Å². The molecule has 0 bridgehead atoms. The molecule has 0 aliphatic carbocycles. The second kappa shape index (κ2) is 5.18. The monoisotopic (exact) mass is 221 g/mol. The molecule has 0 saturated carbocycles. The number of benzene rings is 1. The van der Waals surface area contributed by atoms with Crippen LogP contribution in [0.25, 0.3) is 6.08 Å². The van der Waals surface area contributed by atoms with Gasteiger partial charge in [-0.3, -0.25) is 0 Å². The van der Waals surface area contributed by atoms with E-state index in [4.69, 9.17) is 16.9 Å². The number of ether oxygens (including phenoxy) is 1. The Bertz CT molecular complexity index is 446. The van der Waals surface area contributed by atoms with E-state index in [-0.39, 0.29) is 0 Å². The van der Waals surface area contributed by atoms with E-state index in [2.05, 4.69) is 4.74 Å². The standard InChI is InChI=1S/C11H8ClNO2/c1-15-11(14)9-5-4-8(3-2-6-13)7-10(9)12/h2-5,7H,1H3. The fourth-order valence-corrected chi connectivity index (χ4v) is 1.31. The Morgan fingerprint density at radius 2 is 2.33 bits per heavy atom. The molecule has 0 N–H and O–H groups in total. The van der Waals surface area contributed by atoms with Gasteiger partial charge in [-0.15, -0.1) is 0 Å². The molecule has 1 aromatic rings. The second-order valence-electron chi connectivity index (χ2n) is 2.69. The van der Waals surface area contributed by atoms with E-state index in [9.17, 15) is 4.79 Å². The van der Waals surface area contributed by atoms with Crippen molar-refractivity contribution in [2.45, 2.75) is 0 Å². The summed E-state index contributed by atoms with van der Waals surface area (Å²) in [5.41, 5.74) is 1.07. The molecule has 0 aliphatic heterocycles. The zero-order chi connectivity index (χ0) is 11.3. The van der Waals surface area contributed by atoms with Gasteiger partial charge < -0.3 is 4.74 Å². The Morgan fingerprint density at radius 1 is 1.60 bits per heavy atom. The van der Waals surface area contributed by atoms with E-state index >= 15 is 0 Å². The summed E-state index contributed by atoms with van der Waals surface area (Å²) < 4.78 is 4.54. The summed E-state index contributed by atoms with van der Waals surface area (Å²) in [5, 5.41) is 8.64. The number of hydrogen-bond donors (Lipinski definition) is 0. The third-order valence-electron chi connectivity index (χ3n) is 1.75. The number of methoxy groups -OCH3 is 1. The van der Waals surface area contributed by atoms with Gasteiger partial charge in [-0.2, -0.15) is 5.26 Å². The highest BCUT2D eigenvalue weighted by Crippen LogP contribution is 2.19. The maximum atomic E-state index is 11.2. The zero-order valence-corrected chi connectivity index (χ0v) is 8.78. The molecule has 0 aliphatic rings. The second-order valence-corrected chi connectivity index (χ2v) is 3.10. The van der Waals surface area contributed by atoms with Crippen molar-refractivity contribution in [1.82, 2.24) is 0 Å². The summed E-state index contributed by atoms with van der Waals surface area (Å²) in [4.78, 5) is 11.2. The number of halogens is 1. The number of carbonyl (C=O) groups is 1. The molecule has 0 saturated heterocycles. The van der Waals surface area contributed by atoms with E-state index in [0.717, 1.165) is 5.56 Å². The van der Waals surface area contributed by atoms with Crippen LogP contribution >= 0.6 is 11.6 Å². The Hall–Kier alpha value is -1.79. The lowest BCUT2D eigenvalue weighted by Crippen LogP contribution is -2.01. The molecule has 0 radical (unpaired) electrons. The molecule has 0 fully saturated rings. The van der Waals surface area contributed by atoms with Gasteiger partial charge in [0.15, 0.2) is 0 Å². The van der Waals surface area contributed by atoms with Gasteiger partial charge in [-0.1, -0.05) is 17.7 Å². The molecule has 0 atom stereocenters. The van der Waals surface area contributed by atoms with Crippen LogP contribution in [0.15, 0.2) is 24.3 Å². The van der Waals surface area contributed by atoms with E-state index in [1.54, 1.807) is 24.3 Å². The highest BCUT2D eigenvalue weighted by Gasteiger charge is 2.09. The Morgan fingerprint density at radius 3 is 2.87 bits per heavy atom. The molecule has 3 nitrogen and oxygen atoms in total. The van der Waals surface area contributed by atoms with Crippen LogP contribution in [0.1, 0.15) is 15.9 Å². The van der Waals surface area contributed by atoms with Crippen molar-refractivity contribution >= 4 is 23.6 Å². The lowest BCUT2D eigenvalue weighted by Gasteiger charge is -2.02. The maximum absolute atomic E-state index is 11.2. The molecule has 4 heteroatoms. The molecular formula is C11H8ClNO2. The molecule has 1 rings (SSSR count). The SMILES string of the molecule is COC(=O)c1ccc(C=CC#N)cc1Cl. The van der Waals surface area contributed by atoms with Crippen LogP contribution in [0.5, 0.6) is 0 Å². The van der Waals surface area contributed by atoms with E-state index in [1.807, 2.05) is 6.07 Å². The van der Waals surface area contributed by atoms with Crippen LogP contribution in [-0.4, -0.2) is 13.1 Å². The smallest absolute Gasteiger partial charge is 0.339 e. The third kappa shape index (κ3) is 2.83. The van der Waals surface area contributed by atoms with Gasteiger partial charge in [0.1, 0.15) is 0 Å². The van der Waals surface area contributed by atoms with Gasteiger partial charge in [-0.25, -0.2) is 4.79 Å².